The fraction of sp³-hybridized carbons (Fsp3) is 0.818. The normalized spacial score (nSPS) is 36.6. The first-order valence-corrected chi connectivity index (χ1v) is 4.71. The Morgan fingerprint density at radius 1 is 1.27 bits per heavy atom. The highest BCUT2D eigenvalue weighted by Gasteiger charge is 2.58. The molecule has 0 radical (unpaired) electrons. The second-order valence-electron chi connectivity index (χ2n) is 4.37. The van der Waals surface area contributed by atoms with E-state index in [0.29, 0.717) is 0 Å². The van der Waals surface area contributed by atoms with Crippen molar-refractivity contribution >= 4 is 0 Å². The SMILES string of the molecule is C=CC.CC1(C)C2CCCC21. The summed E-state index contributed by atoms with van der Waals surface area (Å²) < 4.78 is 0. The summed E-state index contributed by atoms with van der Waals surface area (Å²) in [6.07, 6.45) is 6.31. The lowest BCUT2D eigenvalue weighted by Gasteiger charge is -2.04. The number of allylic oxidation sites excluding steroid dienone is 1. The zero-order valence-corrected chi connectivity index (χ0v) is 8.06. The molecule has 0 aromatic rings. The Kier molecular flexibility index (Phi) is 2.41. The summed E-state index contributed by atoms with van der Waals surface area (Å²) >= 11 is 0. The maximum Gasteiger partial charge on any atom is -0.0292 e. The summed E-state index contributed by atoms with van der Waals surface area (Å²) in [4.78, 5) is 0. The van der Waals surface area contributed by atoms with Crippen LogP contribution in [0, 0.1) is 17.3 Å². The van der Waals surface area contributed by atoms with Gasteiger partial charge < -0.3 is 0 Å². The fourth-order valence-electron chi connectivity index (χ4n) is 2.56. The highest BCUT2D eigenvalue weighted by molar-refractivity contribution is 5.07. The van der Waals surface area contributed by atoms with Crippen LogP contribution in [0.2, 0.25) is 0 Å². The fourth-order valence-corrected chi connectivity index (χ4v) is 2.56. The molecule has 0 aromatic carbocycles. The molecule has 2 aliphatic carbocycles. The molecule has 0 N–H and O–H groups in total. The van der Waals surface area contributed by atoms with Crippen LogP contribution in [-0.4, -0.2) is 0 Å². The summed E-state index contributed by atoms with van der Waals surface area (Å²) in [5.41, 5.74) is 0.762. The molecular formula is C11H20. The largest absolute Gasteiger partial charge is 0.103 e. The van der Waals surface area contributed by atoms with Crippen molar-refractivity contribution in [3.8, 4) is 0 Å². The molecule has 0 aliphatic heterocycles. The van der Waals surface area contributed by atoms with Gasteiger partial charge in [0.2, 0.25) is 0 Å². The highest BCUT2D eigenvalue weighted by Crippen LogP contribution is 2.66. The van der Waals surface area contributed by atoms with E-state index in [2.05, 4.69) is 20.4 Å². The molecule has 0 spiro atoms. The van der Waals surface area contributed by atoms with E-state index in [9.17, 15) is 0 Å². The van der Waals surface area contributed by atoms with E-state index >= 15 is 0 Å². The van der Waals surface area contributed by atoms with E-state index in [1.54, 1.807) is 6.08 Å². The molecule has 0 saturated heterocycles. The van der Waals surface area contributed by atoms with Gasteiger partial charge in [-0.2, -0.15) is 0 Å². The van der Waals surface area contributed by atoms with Crippen LogP contribution in [0.15, 0.2) is 12.7 Å². The average molecular weight is 152 g/mol. The third-order valence-electron chi connectivity index (χ3n) is 3.32. The average Bonchev–Trinajstić information content (AvgIpc) is 2.30. The predicted molar refractivity (Wildman–Crippen MR) is 50.5 cm³/mol. The van der Waals surface area contributed by atoms with Gasteiger partial charge >= 0.3 is 0 Å². The smallest absolute Gasteiger partial charge is 0.0292 e. The van der Waals surface area contributed by atoms with Gasteiger partial charge in [-0.25, -0.2) is 0 Å². The van der Waals surface area contributed by atoms with Crippen LogP contribution in [0.5, 0.6) is 0 Å². The first kappa shape index (κ1) is 8.83. The molecule has 2 atom stereocenters. The maximum absolute atomic E-state index is 3.36. The molecule has 2 fully saturated rings. The van der Waals surface area contributed by atoms with Gasteiger partial charge in [0.05, 0.1) is 0 Å². The molecule has 0 bridgehead atoms. The molecule has 64 valence electrons. The van der Waals surface area contributed by atoms with Crippen LogP contribution in [-0.2, 0) is 0 Å². The van der Waals surface area contributed by atoms with Gasteiger partial charge in [0.25, 0.3) is 0 Å². The topological polar surface area (TPSA) is 0 Å². The molecule has 0 heterocycles. The first-order valence-electron chi connectivity index (χ1n) is 4.71. The molecular weight excluding hydrogens is 132 g/mol. The van der Waals surface area contributed by atoms with E-state index in [-0.39, 0.29) is 0 Å². The van der Waals surface area contributed by atoms with Crippen molar-refractivity contribution in [1.82, 2.24) is 0 Å². The Labute approximate surface area is 70.7 Å². The molecule has 0 aromatic heterocycles. The summed E-state index contributed by atoms with van der Waals surface area (Å²) in [6, 6.07) is 0. The molecule has 0 amide bonds. The Morgan fingerprint density at radius 2 is 1.64 bits per heavy atom. The van der Waals surface area contributed by atoms with E-state index in [1.165, 1.54) is 19.3 Å². The molecule has 0 nitrogen and oxygen atoms in total. The predicted octanol–water partition coefficient (Wildman–Crippen LogP) is 3.63. The second kappa shape index (κ2) is 3.00. The third-order valence-corrected chi connectivity index (χ3v) is 3.32. The van der Waals surface area contributed by atoms with Crippen LogP contribution in [0.4, 0.5) is 0 Å². The Balaban J connectivity index is 0.000000179. The minimum Gasteiger partial charge on any atom is -0.103 e. The van der Waals surface area contributed by atoms with Crippen LogP contribution in [0.1, 0.15) is 40.0 Å². The van der Waals surface area contributed by atoms with Crippen molar-refractivity contribution in [2.24, 2.45) is 17.3 Å². The van der Waals surface area contributed by atoms with Crippen LogP contribution < -0.4 is 0 Å². The quantitative estimate of drug-likeness (QED) is 0.465. The van der Waals surface area contributed by atoms with Crippen LogP contribution in [0.25, 0.3) is 0 Å². The zero-order valence-electron chi connectivity index (χ0n) is 8.06. The van der Waals surface area contributed by atoms with E-state index in [0.717, 1.165) is 17.3 Å². The second-order valence-corrected chi connectivity index (χ2v) is 4.37. The van der Waals surface area contributed by atoms with Crippen LogP contribution >= 0.6 is 0 Å². The van der Waals surface area contributed by atoms with Gasteiger partial charge in [-0.3, -0.25) is 0 Å². The van der Waals surface area contributed by atoms with Crippen molar-refractivity contribution in [3.05, 3.63) is 12.7 Å². The highest BCUT2D eigenvalue weighted by atomic mass is 14.6. The maximum atomic E-state index is 3.36. The van der Waals surface area contributed by atoms with Gasteiger partial charge in [-0.05, 0) is 37.0 Å². The van der Waals surface area contributed by atoms with Gasteiger partial charge in [0.1, 0.15) is 0 Å². The van der Waals surface area contributed by atoms with Crippen molar-refractivity contribution in [2.45, 2.75) is 40.0 Å². The number of hydrogen-bond donors (Lipinski definition) is 0. The minimum absolute atomic E-state index is 0.762. The van der Waals surface area contributed by atoms with E-state index in [1.807, 2.05) is 6.92 Å². The standard InChI is InChI=1S/C8H14.C3H6/c1-8(2)6-4-3-5-7(6)8;1-3-2/h6-7H,3-5H2,1-2H3;3H,1H2,2H3. The molecule has 0 heteroatoms. The van der Waals surface area contributed by atoms with Crippen LogP contribution in [0.3, 0.4) is 0 Å². The van der Waals surface area contributed by atoms with Crippen molar-refractivity contribution in [3.63, 3.8) is 0 Å². The van der Waals surface area contributed by atoms with E-state index in [4.69, 9.17) is 0 Å². The molecule has 11 heavy (non-hydrogen) atoms. The van der Waals surface area contributed by atoms with Gasteiger partial charge in [0, 0.05) is 0 Å². The number of fused-ring (bicyclic) bond motifs is 1. The zero-order chi connectivity index (χ0) is 8.48. The summed E-state index contributed by atoms with van der Waals surface area (Å²) in [5.74, 6) is 2.25. The first-order chi connectivity index (χ1) is 5.14. The summed E-state index contributed by atoms with van der Waals surface area (Å²) in [6.45, 7) is 10.1. The van der Waals surface area contributed by atoms with Gasteiger partial charge in [-0.15, -0.1) is 6.58 Å². The van der Waals surface area contributed by atoms with Gasteiger partial charge in [0.15, 0.2) is 0 Å². The lowest BCUT2D eigenvalue weighted by Crippen LogP contribution is -1.94. The van der Waals surface area contributed by atoms with E-state index < -0.39 is 0 Å². The lowest BCUT2D eigenvalue weighted by molar-refractivity contribution is 0.465. The summed E-state index contributed by atoms with van der Waals surface area (Å²) in [7, 11) is 0. The van der Waals surface area contributed by atoms with Crippen molar-refractivity contribution < 1.29 is 0 Å². The van der Waals surface area contributed by atoms with Crippen molar-refractivity contribution in [1.29, 1.82) is 0 Å². The molecule has 2 aliphatic rings. The number of rotatable bonds is 0. The monoisotopic (exact) mass is 152 g/mol. The minimum atomic E-state index is 0.762. The Hall–Kier alpha value is -0.260. The number of hydrogen-bond acceptors (Lipinski definition) is 0. The lowest BCUT2D eigenvalue weighted by atomic mass is 10.0. The molecule has 2 rings (SSSR count). The van der Waals surface area contributed by atoms with Crippen molar-refractivity contribution in [2.75, 3.05) is 0 Å². The van der Waals surface area contributed by atoms with Gasteiger partial charge in [-0.1, -0.05) is 26.3 Å². The molecule has 2 saturated carbocycles. The Bertz CT molecular complexity index is 132. The molecule has 2 unspecified atom stereocenters. The Morgan fingerprint density at radius 3 is 1.82 bits per heavy atom. The summed E-state index contributed by atoms with van der Waals surface area (Å²) in [5, 5.41) is 0. The third kappa shape index (κ3) is 1.50.